The van der Waals surface area contributed by atoms with E-state index in [2.05, 4.69) is 5.32 Å². The quantitative estimate of drug-likeness (QED) is 0.527. The molecule has 7 heteroatoms. The molecule has 0 bridgehead atoms. The third kappa shape index (κ3) is 8.34. The van der Waals surface area contributed by atoms with Gasteiger partial charge in [0.1, 0.15) is 15.9 Å². The van der Waals surface area contributed by atoms with Crippen molar-refractivity contribution in [2.24, 2.45) is 5.73 Å². The highest BCUT2D eigenvalue weighted by atomic mass is 32.2. The van der Waals surface area contributed by atoms with Crippen LogP contribution >= 0.6 is 0 Å². The second-order valence-electron chi connectivity index (χ2n) is 3.34. The van der Waals surface area contributed by atoms with E-state index in [-0.39, 0.29) is 18.3 Å². The Morgan fingerprint density at radius 2 is 2.13 bits per heavy atom. The third-order valence-corrected chi connectivity index (χ3v) is 2.70. The summed E-state index contributed by atoms with van der Waals surface area (Å²) in [6.45, 7) is 0.460. The fourth-order valence-electron chi connectivity index (χ4n) is 0.932. The first-order valence-corrected chi connectivity index (χ1v) is 6.63. The van der Waals surface area contributed by atoms with Gasteiger partial charge in [-0.05, 0) is 6.42 Å². The molecule has 0 heterocycles. The van der Waals surface area contributed by atoms with Crippen LogP contribution in [0.1, 0.15) is 6.42 Å². The highest BCUT2D eigenvalue weighted by molar-refractivity contribution is 7.90. The summed E-state index contributed by atoms with van der Waals surface area (Å²) < 4.78 is 26.2. The Kier molecular flexibility index (Phi) is 6.46. The van der Waals surface area contributed by atoms with E-state index in [4.69, 9.17) is 10.5 Å². The average Bonchev–Trinajstić information content (AvgIpc) is 2.11. The fourth-order valence-corrected chi connectivity index (χ4v) is 1.60. The molecule has 1 unspecified atom stereocenters. The highest BCUT2D eigenvalue weighted by Gasteiger charge is 2.12. The first kappa shape index (κ1) is 14.3. The summed E-state index contributed by atoms with van der Waals surface area (Å²) in [5.41, 5.74) is 5.44. The predicted molar refractivity (Wildman–Crippen MR) is 57.2 cm³/mol. The summed E-state index contributed by atoms with van der Waals surface area (Å²) in [4.78, 5) is 11.2. The molecule has 1 atom stereocenters. The highest BCUT2D eigenvalue weighted by Crippen LogP contribution is 1.88. The van der Waals surface area contributed by atoms with E-state index in [1.165, 1.54) is 7.11 Å². The third-order valence-electron chi connectivity index (χ3n) is 1.67. The number of hydrogen-bond acceptors (Lipinski definition) is 5. The Morgan fingerprint density at radius 3 is 2.60 bits per heavy atom. The van der Waals surface area contributed by atoms with Gasteiger partial charge in [0.2, 0.25) is 5.91 Å². The zero-order chi connectivity index (χ0) is 11.9. The molecule has 0 aliphatic heterocycles. The molecule has 0 saturated carbocycles. The molecule has 0 aliphatic rings. The van der Waals surface area contributed by atoms with E-state index in [1.54, 1.807) is 0 Å². The van der Waals surface area contributed by atoms with E-state index in [0.717, 1.165) is 6.26 Å². The Labute approximate surface area is 90.1 Å². The molecule has 90 valence electrons. The van der Waals surface area contributed by atoms with E-state index in [0.29, 0.717) is 13.0 Å². The SMILES string of the molecule is COCC(N)C(=O)NCCCS(C)(=O)=O. The molecular formula is C8H18N2O4S. The van der Waals surface area contributed by atoms with Gasteiger partial charge in [0.25, 0.3) is 0 Å². The van der Waals surface area contributed by atoms with Gasteiger partial charge in [-0.15, -0.1) is 0 Å². The van der Waals surface area contributed by atoms with E-state index in [1.807, 2.05) is 0 Å². The standard InChI is InChI=1S/C8H18N2O4S/c1-14-6-7(9)8(11)10-4-3-5-15(2,12)13/h7H,3-6,9H2,1-2H3,(H,10,11). The van der Waals surface area contributed by atoms with Gasteiger partial charge < -0.3 is 15.8 Å². The summed E-state index contributed by atoms with van der Waals surface area (Å²) in [7, 11) is -1.50. The maximum Gasteiger partial charge on any atom is 0.239 e. The number of sulfone groups is 1. The summed E-state index contributed by atoms with van der Waals surface area (Å²) in [5, 5.41) is 2.53. The summed E-state index contributed by atoms with van der Waals surface area (Å²) in [5.74, 6) is -0.266. The van der Waals surface area contributed by atoms with E-state index < -0.39 is 15.9 Å². The minimum absolute atomic E-state index is 0.0623. The van der Waals surface area contributed by atoms with Crippen LogP contribution in [0.4, 0.5) is 0 Å². The summed E-state index contributed by atoms with van der Waals surface area (Å²) in [6, 6.07) is -0.701. The molecular weight excluding hydrogens is 220 g/mol. The lowest BCUT2D eigenvalue weighted by Crippen LogP contribution is -2.43. The lowest BCUT2D eigenvalue weighted by atomic mass is 10.3. The van der Waals surface area contributed by atoms with Crippen molar-refractivity contribution in [2.75, 3.05) is 32.3 Å². The molecule has 0 rings (SSSR count). The number of methoxy groups -OCH3 is 1. The molecule has 1 amide bonds. The Balaban J connectivity index is 3.64. The van der Waals surface area contributed by atoms with Crippen LogP contribution < -0.4 is 11.1 Å². The van der Waals surface area contributed by atoms with Crippen molar-refractivity contribution in [3.63, 3.8) is 0 Å². The van der Waals surface area contributed by atoms with Crippen molar-refractivity contribution in [1.82, 2.24) is 5.32 Å². The van der Waals surface area contributed by atoms with Crippen molar-refractivity contribution in [3.05, 3.63) is 0 Å². The number of carbonyl (C=O) groups is 1. The van der Waals surface area contributed by atoms with Crippen molar-refractivity contribution >= 4 is 15.7 Å². The van der Waals surface area contributed by atoms with Crippen LogP contribution in [-0.2, 0) is 19.4 Å². The van der Waals surface area contributed by atoms with Crippen LogP contribution in [0.2, 0.25) is 0 Å². The number of hydrogen-bond donors (Lipinski definition) is 2. The lowest BCUT2D eigenvalue weighted by Gasteiger charge is -2.10. The largest absolute Gasteiger partial charge is 0.383 e. The molecule has 0 aliphatic carbocycles. The van der Waals surface area contributed by atoms with Crippen molar-refractivity contribution in [2.45, 2.75) is 12.5 Å². The lowest BCUT2D eigenvalue weighted by molar-refractivity contribution is -0.123. The first-order valence-electron chi connectivity index (χ1n) is 4.57. The number of nitrogens with one attached hydrogen (secondary N) is 1. The van der Waals surface area contributed by atoms with Gasteiger partial charge in [-0.1, -0.05) is 0 Å². The molecule has 0 aromatic rings. The fraction of sp³-hybridized carbons (Fsp3) is 0.875. The number of rotatable bonds is 7. The molecule has 3 N–H and O–H groups in total. The second kappa shape index (κ2) is 6.76. The van der Waals surface area contributed by atoms with Crippen LogP contribution in [0, 0.1) is 0 Å². The van der Waals surface area contributed by atoms with Gasteiger partial charge in [0.15, 0.2) is 0 Å². The van der Waals surface area contributed by atoms with Crippen molar-refractivity contribution in [3.8, 4) is 0 Å². The second-order valence-corrected chi connectivity index (χ2v) is 5.60. The molecule has 0 radical (unpaired) electrons. The molecule has 0 fully saturated rings. The van der Waals surface area contributed by atoms with Crippen molar-refractivity contribution in [1.29, 1.82) is 0 Å². The maximum absolute atomic E-state index is 11.2. The molecule has 0 saturated heterocycles. The topological polar surface area (TPSA) is 98.5 Å². The first-order chi connectivity index (χ1) is 6.87. The van der Waals surface area contributed by atoms with Crippen LogP contribution in [0.25, 0.3) is 0 Å². The van der Waals surface area contributed by atoms with Crippen LogP contribution in [0.15, 0.2) is 0 Å². The molecule has 0 spiro atoms. The summed E-state index contributed by atoms with van der Waals surface area (Å²) in [6.07, 6.45) is 1.55. The maximum atomic E-state index is 11.2. The number of carbonyl (C=O) groups excluding carboxylic acids is 1. The molecule has 0 aromatic carbocycles. The zero-order valence-corrected chi connectivity index (χ0v) is 9.84. The number of nitrogens with two attached hydrogens (primary N) is 1. The van der Waals surface area contributed by atoms with Crippen molar-refractivity contribution < 1.29 is 17.9 Å². The minimum Gasteiger partial charge on any atom is -0.383 e. The predicted octanol–water partition coefficient (Wildman–Crippen LogP) is -1.49. The number of amides is 1. The van der Waals surface area contributed by atoms with Crippen LogP contribution in [0.5, 0.6) is 0 Å². The molecule has 15 heavy (non-hydrogen) atoms. The molecule has 0 aromatic heterocycles. The monoisotopic (exact) mass is 238 g/mol. The summed E-state index contributed by atoms with van der Waals surface area (Å²) >= 11 is 0. The van der Waals surface area contributed by atoms with Crippen LogP contribution in [0.3, 0.4) is 0 Å². The Hall–Kier alpha value is -0.660. The van der Waals surface area contributed by atoms with E-state index in [9.17, 15) is 13.2 Å². The molecule has 6 nitrogen and oxygen atoms in total. The van der Waals surface area contributed by atoms with Gasteiger partial charge in [-0.2, -0.15) is 0 Å². The van der Waals surface area contributed by atoms with Crippen LogP contribution in [-0.4, -0.2) is 52.6 Å². The zero-order valence-electron chi connectivity index (χ0n) is 9.02. The van der Waals surface area contributed by atoms with Gasteiger partial charge in [-0.25, -0.2) is 8.42 Å². The smallest absolute Gasteiger partial charge is 0.239 e. The average molecular weight is 238 g/mol. The number of ether oxygens (including phenoxy) is 1. The Morgan fingerprint density at radius 1 is 1.53 bits per heavy atom. The van der Waals surface area contributed by atoms with Gasteiger partial charge >= 0.3 is 0 Å². The Bertz CT molecular complexity index is 289. The minimum atomic E-state index is -2.96. The van der Waals surface area contributed by atoms with Gasteiger partial charge in [0.05, 0.1) is 12.4 Å². The van der Waals surface area contributed by atoms with Gasteiger partial charge in [0, 0.05) is 19.9 Å². The van der Waals surface area contributed by atoms with Gasteiger partial charge in [-0.3, -0.25) is 4.79 Å². The van der Waals surface area contributed by atoms with E-state index >= 15 is 0 Å². The normalized spacial score (nSPS) is 13.5.